The molecule has 1 aromatic rings. The van der Waals surface area contributed by atoms with E-state index in [0.29, 0.717) is 16.6 Å². The molecule has 4 nitrogen and oxygen atoms in total. The molecule has 2 amide bonds. The first-order chi connectivity index (χ1) is 9.36. The summed E-state index contributed by atoms with van der Waals surface area (Å²) in [5.74, 6) is -1.03. The van der Waals surface area contributed by atoms with Gasteiger partial charge in [-0.25, -0.2) is 4.39 Å². The summed E-state index contributed by atoms with van der Waals surface area (Å²) in [7, 11) is 0. The van der Waals surface area contributed by atoms with E-state index in [1.54, 1.807) is 13.8 Å². The Hall–Kier alpha value is -1.14. The van der Waals surface area contributed by atoms with Crippen LogP contribution in [0.1, 0.15) is 20.3 Å². The van der Waals surface area contributed by atoms with Crippen molar-refractivity contribution in [2.75, 3.05) is 4.90 Å². The summed E-state index contributed by atoms with van der Waals surface area (Å²) in [6.45, 7) is 3.40. The Kier molecular flexibility index (Phi) is 4.34. The molecule has 1 fully saturated rings. The smallest absolute Gasteiger partial charge is 0.250 e. The molecule has 20 heavy (non-hydrogen) atoms. The molecule has 0 aromatic heterocycles. The van der Waals surface area contributed by atoms with Crippen LogP contribution in [0.25, 0.3) is 0 Å². The largest absolute Gasteiger partial charge is 0.343 e. The summed E-state index contributed by atoms with van der Waals surface area (Å²) < 4.78 is 13.7. The highest BCUT2D eigenvalue weighted by Crippen LogP contribution is 2.37. The van der Waals surface area contributed by atoms with Gasteiger partial charge in [0.15, 0.2) is 0 Å². The quantitative estimate of drug-likeness (QED) is 0.878. The molecule has 1 saturated heterocycles. The van der Waals surface area contributed by atoms with Crippen LogP contribution in [0, 0.1) is 5.82 Å². The molecule has 0 spiro atoms. The van der Waals surface area contributed by atoms with Gasteiger partial charge < -0.3 is 5.32 Å². The predicted octanol–water partition coefficient (Wildman–Crippen LogP) is 2.87. The van der Waals surface area contributed by atoms with E-state index in [1.165, 1.54) is 11.0 Å². The van der Waals surface area contributed by atoms with Crippen LogP contribution in [-0.4, -0.2) is 23.9 Å². The van der Waals surface area contributed by atoms with Gasteiger partial charge in [0.2, 0.25) is 11.8 Å². The number of piperazine rings is 1. The molecule has 108 valence electrons. The average Bonchev–Trinajstić information content (AvgIpc) is 2.34. The van der Waals surface area contributed by atoms with Crippen LogP contribution in [0.3, 0.4) is 0 Å². The van der Waals surface area contributed by atoms with Crippen LogP contribution in [0.15, 0.2) is 16.6 Å². The number of carbonyl (C=O) groups is 2. The highest BCUT2D eigenvalue weighted by Gasteiger charge is 2.40. The van der Waals surface area contributed by atoms with Gasteiger partial charge in [-0.1, -0.05) is 18.5 Å². The number of benzene rings is 1. The summed E-state index contributed by atoms with van der Waals surface area (Å²) in [6.07, 6.45) is 0.435. The molecular formula is C13H13BrClFN2O2. The number of nitrogens with zero attached hydrogens (tertiary/aromatic N) is 1. The van der Waals surface area contributed by atoms with Crippen molar-refractivity contribution in [1.82, 2.24) is 5.32 Å². The van der Waals surface area contributed by atoms with E-state index in [-0.39, 0.29) is 16.8 Å². The van der Waals surface area contributed by atoms with Gasteiger partial charge in [-0.3, -0.25) is 14.5 Å². The van der Waals surface area contributed by atoms with E-state index in [9.17, 15) is 14.0 Å². The molecule has 1 aliphatic heterocycles. The predicted molar refractivity (Wildman–Crippen MR) is 78.3 cm³/mol. The van der Waals surface area contributed by atoms with Crippen molar-refractivity contribution >= 4 is 45.0 Å². The van der Waals surface area contributed by atoms with Gasteiger partial charge in [-0.05, 0) is 41.4 Å². The second kappa shape index (κ2) is 5.69. The zero-order chi connectivity index (χ0) is 15.0. The zero-order valence-corrected chi connectivity index (χ0v) is 13.3. The molecule has 7 heteroatoms. The Morgan fingerprint density at radius 1 is 1.45 bits per heavy atom. The van der Waals surface area contributed by atoms with Crippen molar-refractivity contribution in [1.29, 1.82) is 0 Å². The second-order valence-corrected chi connectivity index (χ2v) is 5.84. The molecule has 1 aliphatic rings. The lowest BCUT2D eigenvalue weighted by Gasteiger charge is -2.38. The molecule has 2 atom stereocenters. The van der Waals surface area contributed by atoms with Crippen LogP contribution in [0.4, 0.5) is 10.1 Å². The highest BCUT2D eigenvalue weighted by molar-refractivity contribution is 9.10. The van der Waals surface area contributed by atoms with Crippen molar-refractivity contribution < 1.29 is 14.0 Å². The summed E-state index contributed by atoms with van der Waals surface area (Å²) in [5.41, 5.74) is 0.326. The zero-order valence-electron chi connectivity index (χ0n) is 10.9. The van der Waals surface area contributed by atoms with Crippen LogP contribution >= 0.6 is 27.5 Å². The van der Waals surface area contributed by atoms with E-state index in [4.69, 9.17) is 11.6 Å². The number of amides is 2. The molecule has 0 saturated carbocycles. The summed E-state index contributed by atoms with van der Waals surface area (Å²) in [4.78, 5) is 25.7. The minimum absolute atomic E-state index is 0.0885. The average molecular weight is 364 g/mol. The lowest BCUT2D eigenvalue weighted by Crippen LogP contribution is -2.62. The monoisotopic (exact) mass is 362 g/mol. The van der Waals surface area contributed by atoms with E-state index in [2.05, 4.69) is 21.2 Å². The van der Waals surface area contributed by atoms with Crippen LogP contribution in [0.2, 0.25) is 5.02 Å². The molecule has 1 aromatic carbocycles. The van der Waals surface area contributed by atoms with Crippen LogP contribution < -0.4 is 10.2 Å². The molecule has 0 radical (unpaired) electrons. The van der Waals surface area contributed by atoms with E-state index >= 15 is 0 Å². The van der Waals surface area contributed by atoms with Crippen molar-refractivity contribution in [3.63, 3.8) is 0 Å². The van der Waals surface area contributed by atoms with Crippen molar-refractivity contribution in [2.45, 2.75) is 32.4 Å². The van der Waals surface area contributed by atoms with Crippen molar-refractivity contribution in [3.8, 4) is 0 Å². The molecule has 0 aliphatic carbocycles. The summed E-state index contributed by atoms with van der Waals surface area (Å²) in [5, 5.41) is 2.71. The minimum atomic E-state index is -0.655. The maximum absolute atomic E-state index is 13.3. The Morgan fingerprint density at radius 2 is 2.10 bits per heavy atom. The van der Waals surface area contributed by atoms with Gasteiger partial charge in [-0.2, -0.15) is 0 Å². The minimum Gasteiger partial charge on any atom is -0.343 e. The third-order valence-electron chi connectivity index (χ3n) is 3.19. The first-order valence-corrected chi connectivity index (χ1v) is 7.32. The number of hydrogen-bond donors (Lipinski definition) is 1. The van der Waals surface area contributed by atoms with Crippen LogP contribution in [0.5, 0.6) is 0 Å². The molecule has 2 rings (SSSR count). The fourth-order valence-corrected chi connectivity index (χ4v) is 3.28. The van der Waals surface area contributed by atoms with Crippen molar-refractivity contribution in [3.05, 3.63) is 27.4 Å². The Labute approximate surface area is 129 Å². The fraction of sp³-hybridized carbons (Fsp3) is 0.385. The third kappa shape index (κ3) is 2.54. The molecular weight excluding hydrogens is 351 g/mol. The fourth-order valence-electron chi connectivity index (χ4n) is 2.25. The van der Waals surface area contributed by atoms with E-state index in [0.717, 1.165) is 6.07 Å². The number of carbonyl (C=O) groups excluding carboxylic acids is 2. The normalized spacial score (nSPS) is 22.9. The Bertz CT molecular complexity index is 558. The number of nitrogens with one attached hydrogen (secondary N) is 1. The van der Waals surface area contributed by atoms with Gasteiger partial charge in [0, 0.05) is 4.47 Å². The maximum atomic E-state index is 13.3. The maximum Gasteiger partial charge on any atom is 0.250 e. The molecule has 1 N–H and O–H groups in total. The number of halogens is 3. The SMILES string of the molecule is CCC1C(=O)NC(C)C(=O)N1c1c(Cl)cc(F)cc1Br. The van der Waals surface area contributed by atoms with Crippen LogP contribution in [-0.2, 0) is 9.59 Å². The molecule has 2 unspecified atom stereocenters. The lowest BCUT2D eigenvalue weighted by atomic mass is 10.0. The molecule has 1 heterocycles. The standard InChI is InChI=1S/C13H13BrClFN2O2/c1-3-10-12(19)17-6(2)13(20)18(10)11-8(14)4-7(16)5-9(11)15/h4-6,10H,3H2,1-2H3,(H,17,19). The number of rotatable bonds is 2. The Morgan fingerprint density at radius 3 is 2.65 bits per heavy atom. The topological polar surface area (TPSA) is 49.4 Å². The molecule has 0 bridgehead atoms. The van der Waals surface area contributed by atoms with Gasteiger partial charge >= 0.3 is 0 Å². The van der Waals surface area contributed by atoms with Gasteiger partial charge in [0.1, 0.15) is 17.9 Å². The van der Waals surface area contributed by atoms with E-state index < -0.39 is 17.9 Å². The summed E-state index contributed by atoms with van der Waals surface area (Å²) >= 11 is 9.26. The first kappa shape index (κ1) is 15.3. The third-order valence-corrected chi connectivity index (χ3v) is 4.08. The van der Waals surface area contributed by atoms with Gasteiger partial charge in [0.05, 0.1) is 10.7 Å². The van der Waals surface area contributed by atoms with E-state index in [1.807, 2.05) is 0 Å². The van der Waals surface area contributed by atoms with Crippen molar-refractivity contribution in [2.24, 2.45) is 0 Å². The highest BCUT2D eigenvalue weighted by atomic mass is 79.9. The summed E-state index contributed by atoms with van der Waals surface area (Å²) in [6, 6.07) is 1.05. The Balaban J connectivity index is 2.58. The lowest BCUT2D eigenvalue weighted by molar-refractivity contribution is -0.133. The van der Waals surface area contributed by atoms with Gasteiger partial charge in [-0.15, -0.1) is 0 Å². The second-order valence-electron chi connectivity index (χ2n) is 4.58. The number of anilines is 1. The number of hydrogen-bond acceptors (Lipinski definition) is 2. The first-order valence-electron chi connectivity index (χ1n) is 6.14. The van der Waals surface area contributed by atoms with Gasteiger partial charge in [0.25, 0.3) is 0 Å².